The number of carbonyl (C=O) groups is 3. The van der Waals surface area contributed by atoms with Gasteiger partial charge in [0.2, 0.25) is 11.8 Å². The largest absolute Gasteiger partial charge is 0.497 e. The zero-order valence-corrected chi connectivity index (χ0v) is 15.4. The van der Waals surface area contributed by atoms with Crippen LogP contribution in [-0.2, 0) is 9.59 Å². The van der Waals surface area contributed by atoms with E-state index in [1.807, 2.05) is 0 Å². The SMILES string of the molecule is COc1cc(OC)cc(C(=O)NCCC(=O)N2CCN(C(C)=O)CC2)c1. The molecule has 1 N–H and O–H groups in total. The monoisotopic (exact) mass is 363 g/mol. The predicted molar refractivity (Wildman–Crippen MR) is 95.3 cm³/mol. The van der Waals surface area contributed by atoms with E-state index in [0.29, 0.717) is 43.2 Å². The smallest absolute Gasteiger partial charge is 0.251 e. The molecular weight excluding hydrogens is 338 g/mol. The number of amides is 3. The van der Waals surface area contributed by atoms with Gasteiger partial charge in [-0.3, -0.25) is 14.4 Å². The molecule has 1 saturated heterocycles. The first kappa shape index (κ1) is 19.6. The van der Waals surface area contributed by atoms with Crippen LogP contribution in [0.3, 0.4) is 0 Å². The molecule has 3 amide bonds. The zero-order valence-electron chi connectivity index (χ0n) is 15.4. The highest BCUT2D eigenvalue weighted by Crippen LogP contribution is 2.22. The van der Waals surface area contributed by atoms with Gasteiger partial charge in [-0.05, 0) is 12.1 Å². The summed E-state index contributed by atoms with van der Waals surface area (Å²) < 4.78 is 10.3. The van der Waals surface area contributed by atoms with Crippen molar-refractivity contribution < 1.29 is 23.9 Å². The second-order valence-electron chi connectivity index (χ2n) is 5.99. The molecule has 0 radical (unpaired) electrons. The molecule has 8 nitrogen and oxygen atoms in total. The minimum absolute atomic E-state index is 0.0260. The molecule has 142 valence electrons. The number of ether oxygens (including phenoxy) is 2. The van der Waals surface area contributed by atoms with Gasteiger partial charge in [0.15, 0.2) is 0 Å². The van der Waals surface area contributed by atoms with Crippen molar-refractivity contribution in [1.29, 1.82) is 0 Å². The van der Waals surface area contributed by atoms with Crippen LogP contribution in [0.4, 0.5) is 0 Å². The number of nitrogens with one attached hydrogen (secondary N) is 1. The highest BCUT2D eigenvalue weighted by molar-refractivity contribution is 5.95. The van der Waals surface area contributed by atoms with E-state index in [0.717, 1.165) is 0 Å². The molecule has 0 aliphatic carbocycles. The third kappa shape index (κ3) is 5.11. The van der Waals surface area contributed by atoms with Gasteiger partial charge in [-0.1, -0.05) is 0 Å². The maximum Gasteiger partial charge on any atom is 0.251 e. The van der Waals surface area contributed by atoms with Crippen LogP contribution in [0, 0.1) is 0 Å². The minimum Gasteiger partial charge on any atom is -0.497 e. The van der Waals surface area contributed by atoms with E-state index < -0.39 is 0 Å². The molecule has 0 spiro atoms. The molecule has 2 rings (SSSR count). The summed E-state index contributed by atoms with van der Waals surface area (Å²) in [6.45, 7) is 3.93. The number of piperazine rings is 1. The van der Waals surface area contributed by atoms with Gasteiger partial charge < -0.3 is 24.6 Å². The second-order valence-corrected chi connectivity index (χ2v) is 5.99. The van der Waals surface area contributed by atoms with Crippen molar-refractivity contribution in [3.63, 3.8) is 0 Å². The Hall–Kier alpha value is -2.77. The lowest BCUT2D eigenvalue weighted by molar-refractivity contribution is -0.138. The van der Waals surface area contributed by atoms with Gasteiger partial charge in [-0.2, -0.15) is 0 Å². The van der Waals surface area contributed by atoms with Crippen LogP contribution in [0.15, 0.2) is 18.2 Å². The normalized spacial score (nSPS) is 14.0. The third-order valence-corrected chi connectivity index (χ3v) is 4.32. The highest BCUT2D eigenvalue weighted by atomic mass is 16.5. The number of methoxy groups -OCH3 is 2. The molecule has 1 fully saturated rings. The molecule has 0 unspecified atom stereocenters. The molecular formula is C18H25N3O5. The Morgan fingerprint density at radius 2 is 1.50 bits per heavy atom. The van der Waals surface area contributed by atoms with Crippen LogP contribution in [0.2, 0.25) is 0 Å². The molecule has 1 aliphatic rings. The fraction of sp³-hybridized carbons (Fsp3) is 0.500. The van der Waals surface area contributed by atoms with Crippen LogP contribution in [0.5, 0.6) is 11.5 Å². The molecule has 0 atom stereocenters. The summed E-state index contributed by atoms with van der Waals surface area (Å²) in [6.07, 6.45) is 0.215. The molecule has 8 heteroatoms. The van der Waals surface area contributed by atoms with E-state index in [1.165, 1.54) is 21.1 Å². The summed E-state index contributed by atoms with van der Waals surface area (Å²) in [5, 5.41) is 2.74. The van der Waals surface area contributed by atoms with Gasteiger partial charge in [0.05, 0.1) is 14.2 Å². The summed E-state index contributed by atoms with van der Waals surface area (Å²) in [4.78, 5) is 39.2. The Morgan fingerprint density at radius 3 is 2.00 bits per heavy atom. The lowest BCUT2D eigenvalue weighted by Gasteiger charge is -2.34. The van der Waals surface area contributed by atoms with Gasteiger partial charge >= 0.3 is 0 Å². The number of carbonyl (C=O) groups excluding carboxylic acids is 3. The van der Waals surface area contributed by atoms with Crippen molar-refractivity contribution in [3.8, 4) is 11.5 Å². The first-order valence-corrected chi connectivity index (χ1v) is 8.49. The predicted octanol–water partition coefficient (Wildman–Crippen LogP) is 0.514. The number of hydrogen-bond acceptors (Lipinski definition) is 5. The Bertz CT molecular complexity index is 647. The molecule has 1 aromatic carbocycles. The third-order valence-electron chi connectivity index (χ3n) is 4.32. The van der Waals surface area contributed by atoms with Crippen molar-refractivity contribution >= 4 is 17.7 Å². The van der Waals surface area contributed by atoms with Crippen molar-refractivity contribution in [1.82, 2.24) is 15.1 Å². The van der Waals surface area contributed by atoms with Crippen LogP contribution < -0.4 is 14.8 Å². The minimum atomic E-state index is -0.295. The van der Waals surface area contributed by atoms with Gasteiger partial charge in [-0.25, -0.2) is 0 Å². The second kappa shape index (κ2) is 9.07. The van der Waals surface area contributed by atoms with E-state index in [-0.39, 0.29) is 30.7 Å². The topological polar surface area (TPSA) is 88.2 Å². The molecule has 0 aromatic heterocycles. The van der Waals surface area contributed by atoms with E-state index in [4.69, 9.17) is 9.47 Å². The molecule has 0 bridgehead atoms. The summed E-state index contributed by atoms with van der Waals surface area (Å²) in [7, 11) is 3.03. The highest BCUT2D eigenvalue weighted by Gasteiger charge is 2.22. The van der Waals surface area contributed by atoms with Crippen LogP contribution in [0.25, 0.3) is 0 Å². The van der Waals surface area contributed by atoms with E-state index >= 15 is 0 Å². The standard InChI is InChI=1S/C18H25N3O5/c1-13(22)20-6-8-21(9-7-20)17(23)4-5-19-18(24)14-10-15(25-2)12-16(11-14)26-3/h10-12H,4-9H2,1-3H3,(H,19,24). The van der Waals surface area contributed by atoms with Crippen molar-refractivity contribution in [2.75, 3.05) is 46.9 Å². The fourth-order valence-electron chi connectivity index (χ4n) is 2.75. The maximum absolute atomic E-state index is 12.3. The van der Waals surface area contributed by atoms with Crippen LogP contribution in [-0.4, -0.2) is 74.5 Å². The molecule has 1 aliphatic heterocycles. The fourth-order valence-corrected chi connectivity index (χ4v) is 2.75. The van der Waals surface area contributed by atoms with Gasteiger partial charge in [-0.15, -0.1) is 0 Å². The molecule has 1 heterocycles. The lowest BCUT2D eigenvalue weighted by Crippen LogP contribution is -2.50. The van der Waals surface area contributed by atoms with Crippen LogP contribution >= 0.6 is 0 Å². The summed E-state index contributed by atoms with van der Waals surface area (Å²) in [5.74, 6) is 0.744. The van der Waals surface area contributed by atoms with E-state index in [9.17, 15) is 14.4 Å². The number of hydrogen-bond donors (Lipinski definition) is 1. The summed E-state index contributed by atoms with van der Waals surface area (Å²) in [6, 6.07) is 4.91. The summed E-state index contributed by atoms with van der Waals surface area (Å²) >= 11 is 0. The summed E-state index contributed by atoms with van der Waals surface area (Å²) in [5.41, 5.74) is 0.406. The lowest BCUT2D eigenvalue weighted by atomic mass is 10.2. The van der Waals surface area contributed by atoms with E-state index in [1.54, 1.807) is 28.0 Å². The number of nitrogens with zero attached hydrogens (tertiary/aromatic N) is 2. The van der Waals surface area contributed by atoms with E-state index in [2.05, 4.69) is 5.32 Å². The Labute approximate surface area is 153 Å². The van der Waals surface area contributed by atoms with Gasteiger partial charge in [0, 0.05) is 57.7 Å². The number of benzene rings is 1. The van der Waals surface area contributed by atoms with Gasteiger partial charge in [0.25, 0.3) is 5.91 Å². The maximum atomic E-state index is 12.3. The first-order chi connectivity index (χ1) is 12.4. The van der Waals surface area contributed by atoms with Crippen molar-refractivity contribution in [2.45, 2.75) is 13.3 Å². The molecule has 1 aromatic rings. The zero-order chi connectivity index (χ0) is 19.1. The van der Waals surface area contributed by atoms with Crippen LogP contribution in [0.1, 0.15) is 23.7 Å². The first-order valence-electron chi connectivity index (χ1n) is 8.49. The molecule has 26 heavy (non-hydrogen) atoms. The quantitative estimate of drug-likeness (QED) is 0.796. The van der Waals surface area contributed by atoms with Crippen molar-refractivity contribution in [3.05, 3.63) is 23.8 Å². The Morgan fingerprint density at radius 1 is 0.962 bits per heavy atom. The average Bonchev–Trinajstić information content (AvgIpc) is 2.67. The molecule has 0 saturated carbocycles. The van der Waals surface area contributed by atoms with Gasteiger partial charge in [0.1, 0.15) is 11.5 Å². The average molecular weight is 363 g/mol. The van der Waals surface area contributed by atoms with Crippen molar-refractivity contribution in [2.24, 2.45) is 0 Å². The Balaban J connectivity index is 1.81. The number of rotatable bonds is 6. The Kier molecular flexibility index (Phi) is 6.82.